The van der Waals surface area contributed by atoms with Crippen molar-refractivity contribution in [3.63, 3.8) is 0 Å². The van der Waals surface area contributed by atoms with Crippen molar-refractivity contribution >= 4 is 10.8 Å². The molecule has 0 aromatic heterocycles. The van der Waals surface area contributed by atoms with Crippen LogP contribution in [0.2, 0.25) is 0 Å². The fraction of sp³-hybridized carbons (Fsp3) is 0.750. The van der Waals surface area contributed by atoms with Gasteiger partial charge in [-0.25, -0.2) is 0 Å². The molecule has 0 aromatic rings. The van der Waals surface area contributed by atoms with Crippen LogP contribution in [0.4, 0.5) is 7.77 Å². The van der Waals surface area contributed by atoms with E-state index in [0.29, 0.717) is 0 Å². The number of rotatable bonds is 4. The number of halogens is 2. The summed E-state index contributed by atoms with van der Waals surface area (Å²) in [6, 6.07) is 3.68. The largest absolute Gasteiger partial charge is 0.198 e. The molecular weight excluding hydrogens is 194 g/mol. The van der Waals surface area contributed by atoms with Crippen LogP contribution in [0.5, 0.6) is 0 Å². The van der Waals surface area contributed by atoms with Crippen LogP contribution in [0.3, 0.4) is 0 Å². The van der Waals surface area contributed by atoms with Crippen LogP contribution in [-0.4, -0.2) is 11.5 Å². The van der Waals surface area contributed by atoms with E-state index in [2.05, 4.69) is 0 Å². The van der Waals surface area contributed by atoms with Gasteiger partial charge in [0.15, 0.2) is 0 Å². The highest BCUT2D eigenvalue weighted by Gasteiger charge is 2.31. The van der Waals surface area contributed by atoms with Crippen molar-refractivity contribution in [2.24, 2.45) is 5.92 Å². The van der Waals surface area contributed by atoms with Gasteiger partial charge in [0, 0.05) is 12.7 Å². The van der Waals surface area contributed by atoms with Gasteiger partial charge in [-0.1, -0.05) is 0 Å². The Morgan fingerprint density at radius 2 is 1.92 bits per heavy atom. The molecule has 0 N–H and O–H groups in total. The zero-order valence-corrected chi connectivity index (χ0v) is 8.44. The lowest BCUT2D eigenvalue weighted by atomic mass is 10.0. The molecule has 0 aliphatic carbocycles. The highest BCUT2D eigenvalue weighted by molar-refractivity contribution is 8.25. The fourth-order valence-corrected chi connectivity index (χ4v) is 1.69. The topological polar surface area (TPSA) is 47.6 Å². The van der Waals surface area contributed by atoms with Gasteiger partial charge in [0.05, 0.1) is 34.1 Å². The molecule has 0 aromatic carbocycles. The third kappa shape index (κ3) is 4.10. The summed E-state index contributed by atoms with van der Waals surface area (Å²) in [5.74, 6) is -0.699. The van der Waals surface area contributed by atoms with Crippen molar-refractivity contribution in [3.8, 4) is 12.1 Å². The Kier molecular flexibility index (Phi) is 4.72. The van der Waals surface area contributed by atoms with Crippen molar-refractivity contribution in [1.82, 2.24) is 0 Å². The van der Waals surface area contributed by atoms with Gasteiger partial charge in [0.25, 0.3) is 0 Å². The summed E-state index contributed by atoms with van der Waals surface area (Å²) >= 11 is 0. The molecule has 0 saturated heterocycles. The Bertz CT molecular complexity index is 236. The highest BCUT2D eigenvalue weighted by Crippen LogP contribution is 2.55. The SMILES string of the molecule is CC(C(C#N)CCC#N)S(C)(F)F. The first-order valence-electron chi connectivity index (χ1n) is 3.86. The lowest BCUT2D eigenvalue weighted by molar-refractivity contribution is 0.570. The molecule has 74 valence electrons. The van der Waals surface area contributed by atoms with E-state index in [4.69, 9.17) is 10.5 Å². The molecule has 2 unspecified atom stereocenters. The molecular formula is C8H12F2N2S. The Hall–Kier alpha value is -0.810. The molecule has 0 heterocycles. The minimum Gasteiger partial charge on any atom is -0.198 e. The number of hydrogen-bond acceptors (Lipinski definition) is 2. The van der Waals surface area contributed by atoms with E-state index >= 15 is 0 Å². The summed E-state index contributed by atoms with van der Waals surface area (Å²) in [4.78, 5) is 0. The summed E-state index contributed by atoms with van der Waals surface area (Å²) in [7, 11) is -3.68. The maximum Gasteiger partial charge on any atom is 0.0668 e. The third-order valence-corrected chi connectivity index (χ3v) is 3.59. The van der Waals surface area contributed by atoms with Crippen molar-refractivity contribution in [2.75, 3.05) is 6.26 Å². The molecule has 2 atom stereocenters. The quantitative estimate of drug-likeness (QED) is 0.709. The van der Waals surface area contributed by atoms with Crippen LogP contribution in [0, 0.1) is 28.6 Å². The molecule has 5 heteroatoms. The van der Waals surface area contributed by atoms with Crippen LogP contribution in [-0.2, 0) is 0 Å². The zero-order chi connectivity index (χ0) is 10.5. The lowest BCUT2D eigenvalue weighted by Gasteiger charge is -2.26. The monoisotopic (exact) mass is 206 g/mol. The minimum atomic E-state index is -3.68. The molecule has 2 nitrogen and oxygen atoms in total. The Balaban J connectivity index is 4.28. The number of nitrogens with zero attached hydrogens (tertiary/aromatic N) is 2. The predicted molar refractivity (Wildman–Crippen MR) is 49.1 cm³/mol. The molecule has 0 amide bonds. The Morgan fingerprint density at radius 1 is 1.38 bits per heavy atom. The average molecular weight is 206 g/mol. The molecule has 13 heavy (non-hydrogen) atoms. The number of nitriles is 2. The van der Waals surface area contributed by atoms with Crippen LogP contribution in [0.15, 0.2) is 0 Å². The first kappa shape index (κ1) is 12.2. The van der Waals surface area contributed by atoms with Crippen LogP contribution in [0.1, 0.15) is 19.8 Å². The van der Waals surface area contributed by atoms with Crippen LogP contribution < -0.4 is 0 Å². The van der Waals surface area contributed by atoms with E-state index in [9.17, 15) is 7.77 Å². The van der Waals surface area contributed by atoms with E-state index in [1.807, 2.05) is 12.1 Å². The van der Waals surface area contributed by atoms with Crippen LogP contribution in [0.25, 0.3) is 0 Å². The summed E-state index contributed by atoms with van der Waals surface area (Å²) in [6.45, 7) is 1.38. The van der Waals surface area contributed by atoms with Gasteiger partial charge in [-0.3, -0.25) is 0 Å². The van der Waals surface area contributed by atoms with E-state index in [1.54, 1.807) is 0 Å². The summed E-state index contributed by atoms with van der Waals surface area (Å²) < 4.78 is 25.7. The van der Waals surface area contributed by atoms with Crippen molar-refractivity contribution in [2.45, 2.75) is 25.0 Å². The smallest absolute Gasteiger partial charge is 0.0668 e. The molecule has 0 aliphatic rings. The average Bonchev–Trinajstić information content (AvgIpc) is 2.04. The first-order chi connectivity index (χ1) is 5.93. The molecule has 0 fully saturated rings. The zero-order valence-electron chi connectivity index (χ0n) is 7.63. The van der Waals surface area contributed by atoms with E-state index in [-0.39, 0.29) is 12.8 Å². The molecule has 0 rings (SSSR count). The Labute approximate surface area is 79.1 Å². The van der Waals surface area contributed by atoms with Crippen molar-refractivity contribution in [3.05, 3.63) is 0 Å². The maximum absolute atomic E-state index is 12.8. The van der Waals surface area contributed by atoms with Gasteiger partial charge in [0.2, 0.25) is 0 Å². The van der Waals surface area contributed by atoms with Gasteiger partial charge in [-0.05, 0) is 13.3 Å². The van der Waals surface area contributed by atoms with E-state index < -0.39 is 22.0 Å². The van der Waals surface area contributed by atoms with Gasteiger partial charge in [-0.2, -0.15) is 18.3 Å². The standard InChI is InChI=1S/C8H12F2N2S/c1-7(13(2,9)10)8(6-12)4-3-5-11/h7-8H,3-4H2,1-2H3. The lowest BCUT2D eigenvalue weighted by Crippen LogP contribution is -2.17. The van der Waals surface area contributed by atoms with Gasteiger partial charge in [0.1, 0.15) is 0 Å². The summed E-state index contributed by atoms with van der Waals surface area (Å²) in [5.41, 5.74) is 0. The van der Waals surface area contributed by atoms with Gasteiger partial charge < -0.3 is 0 Å². The van der Waals surface area contributed by atoms with E-state index in [1.165, 1.54) is 6.92 Å². The summed E-state index contributed by atoms with van der Waals surface area (Å²) in [6.07, 6.45) is 1.29. The highest BCUT2D eigenvalue weighted by atomic mass is 32.3. The van der Waals surface area contributed by atoms with Crippen molar-refractivity contribution in [1.29, 1.82) is 10.5 Å². The molecule has 0 bridgehead atoms. The van der Waals surface area contributed by atoms with Crippen LogP contribution >= 0.6 is 10.8 Å². The maximum atomic E-state index is 12.8. The predicted octanol–water partition coefficient (Wildman–Crippen LogP) is 3.02. The van der Waals surface area contributed by atoms with Gasteiger partial charge >= 0.3 is 0 Å². The minimum absolute atomic E-state index is 0.165. The van der Waals surface area contributed by atoms with Crippen molar-refractivity contribution < 1.29 is 7.77 Å². The second-order valence-electron chi connectivity index (χ2n) is 2.92. The molecule has 0 radical (unpaired) electrons. The van der Waals surface area contributed by atoms with E-state index in [0.717, 1.165) is 6.26 Å². The normalized spacial score (nSPS) is 16.8. The van der Waals surface area contributed by atoms with Gasteiger partial charge in [-0.15, -0.1) is 0 Å². The summed E-state index contributed by atoms with van der Waals surface area (Å²) in [5, 5.41) is 16.0. The first-order valence-corrected chi connectivity index (χ1v) is 5.77. The molecule has 0 spiro atoms. The Morgan fingerprint density at radius 3 is 2.23 bits per heavy atom. The third-order valence-electron chi connectivity index (χ3n) is 1.95. The molecule has 0 saturated carbocycles. The number of hydrogen-bond donors (Lipinski definition) is 0. The second-order valence-corrected chi connectivity index (χ2v) is 5.22. The molecule has 0 aliphatic heterocycles. The fourth-order valence-electron chi connectivity index (χ4n) is 0.913. The second kappa shape index (κ2) is 5.04.